The first-order valence-corrected chi connectivity index (χ1v) is 10.4. The molecule has 0 saturated carbocycles. The molecule has 1 atom stereocenters. The molecule has 0 saturated heterocycles. The zero-order chi connectivity index (χ0) is 17.2. The number of carbonyl (C=O) groups is 1. The van der Waals surface area contributed by atoms with Crippen LogP contribution in [0, 0.1) is 0 Å². The number of rotatable bonds is 17. The Kier molecular flexibility index (Phi) is 17.4. The van der Waals surface area contributed by atoms with Gasteiger partial charge in [0.2, 0.25) is 0 Å². The Balaban J connectivity index is 3.32. The van der Waals surface area contributed by atoms with Gasteiger partial charge in [0.05, 0.1) is 6.10 Å². The van der Waals surface area contributed by atoms with Crippen molar-refractivity contribution in [3.8, 4) is 0 Å². The van der Waals surface area contributed by atoms with Crippen LogP contribution in [0.4, 0.5) is 0 Å². The van der Waals surface area contributed by atoms with Gasteiger partial charge in [-0.25, -0.2) is 0 Å². The van der Waals surface area contributed by atoms with Gasteiger partial charge in [-0.2, -0.15) is 0 Å². The Bertz CT molecular complexity index is 250. The summed E-state index contributed by atoms with van der Waals surface area (Å²) in [4.78, 5) is 11.8. The molecule has 0 aliphatic carbocycles. The fraction of sp³-hybridized carbons (Fsp3) is 0.952. The normalized spacial score (nSPS) is 12.3. The lowest BCUT2D eigenvalue weighted by Gasteiger charge is -2.13. The molecule has 2 nitrogen and oxygen atoms in total. The van der Waals surface area contributed by atoms with Crippen molar-refractivity contribution < 1.29 is 9.53 Å². The Hall–Kier alpha value is -0.530. The lowest BCUT2D eigenvalue weighted by atomic mass is 10.1. The summed E-state index contributed by atoms with van der Waals surface area (Å²) in [5.41, 5.74) is 0. The number of hydrogen-bond donors (Lipinski definition) is 0. The summed E-state index contributed by atoms with van der Waals surface area (Å²) in [6.07, 6.45) is 19.7. The van der Waals surface area contributed by atoms with Gasteiger partial charge in [-0.1, -0.05) is 90.9 Å². The van der Waals surface area contributed by atoms with E-state index in [9.17, 15) is 4.79 Å². The van der Waals surface area contributed by atoms with Gasteiger partial charge in [0.1, 0.15) is 0 Å². The first-order valence-electron chi connectivity index (χ1n) is 10.4. The molecule has 0 spiro atoms. The molecule has 0 rings (SSSR count). The molecule has 0 fully saturated rings. The predicted molar refractivity (Wildman–Crippen MR) is 101 cm³/mol. The lowest BCUT2D eigenvalue weighted by Crippen LogP contribution is -2.14. The van der Waals surface area contributed by atoms with Crippen molar-refractivity contribution in [1.82, 2.24) is 0 Å². The minimum absolute atomic E-state index is 0.00834. The van der Waals surface area contributed by atoms with Crippen molar-refractivity contribution in [1.29, 1.82) is 0 Å². The molecule has 0 aliphatic rings. The third kappa shape index (κ3) is 17.7. The molecule has 0 aromatic rings. The third-order valence-corrected chi connectivity index (χ3v) is 4.53. The first kappa shape index (κ1) is 22.5. The fourth-order valence-electron chi connectivity index (χ4n) is 2.96. The number of carbonyl (C=O) groups excluding carboxylic acids is 1. The van der Waals surface area contributed by atoms with Crippen molar-refractivity contribution in [3.05, 3.63) is 0 Å². The maximum absolute atomic E-state index is 11.8. The van der Waals surface area contributed by atoms with E-state index in [1.54, 1.807) is 0 Å². The molecule has 0 amide bonds. The molecule has 138 valence electrons. The second-order valence-electron chi connectivity index (χ2n) is 7.08. The van der Waals surface area contributed by atoms with E-state index in [4.69, 9.17) is 4.74 Å². The van der Waals surface area contributed by atoms with Crippen molar-refractivity contribution >= 4 is 5.97 Å². The van der Waals surface area contributed by atoms with E-state index < -0.39 is 0 Å². The van der Waals surface area contributed by atoms with Crippen molar-refractivity contribution in [2.75, 3.05) is 0 Å². The Morgan fingerprint density at radius 1 is 0.696 bits per heavy atom. The molecule has 0 bridgehead atoms. The van der Waals surface area contributed by atoms with E-state index in [0.29, 0.717) is 6.42 Å². The highest BCUT2D eigenvalue weighted by Gasteiger charge is 2.08. The largest absolute Gasteiger partial charge is 0.463 e. The monoisotopic (exact) mass is 326 g/mol. The number of unbranched alkanes of at least 4 members (excludes halogenated alkanes) is 12. The summed E-state index contributed by atoms with van der Waals surface area (Å²) in [6.45, 7) is 6.53. The molecule has 0 N–H and O–H groups in total. The van der Waals surface area contributed by atoms with E-state index in [-0.39, 0.29) is 12.1 Å². The number of hydrogen-bond acceptors (Lipinski definition) is 2. The fourth-order valence-corrected chi connectivity index (χ4v) is 2.96. The summed E-state index contributed by atoms with van der Waals surface area (Å²) in [6, 6.07) is 0. The highest BCUT2D eigenvalue weighted by molar-refractivity contribution is 5.69. The van der Waals surface area contributed by atoms with E-state index in [1.807, 2.05) is 6.92 Å². The second-order valence-corrected chi connectivity index (χ2v) is 7.08. The maximum atomic E-state index is 11.8. The average Bonchev–Trinajstić information content (AvgIpc) is 2.53. The van der Waals surface area contributed by atoms with Gasteiger partial charge in [-0.3, -0.25) is 4.79 Å². The summed E-state index contributed by atoms with van der Waals surface area (Å²) in [5, 5.41) is 0. The van der Waals surface area contributed by atoms with E-state index in [0.717, 1.165) is 12.8 Å². The molecule has 0 radical (unpaired) electrons. The Morgan fingerprint density at radius 2 is 1.13 bits per heavy atom. The van der Waals surface area contributed by atoms with Crippen LogP contribution < -0.4 is 0 Å². The van der Waals surface area contributed by atoms with Crippen LogP contribution in [-0.2, 0) is 9.53 Å². The lowest BCUT2D eigenvalue weighted by molar-refractivity contribution is -0.148. The molecule has 0 heterocycles. The molecule has 23 heavy (non-hydrogen) atoms. The molecule has 0 aromatic carbocycles. The smallest absolute Gasteiger partial charge is 0.306 e. The zero-order valence-electron chi connectivity index (χ0n) is 16.2. The summed E-state index contributed by atoms with van der Waals surface area (Å²) < 4.78 is 5.49. The van der Waals surface area contributed by atoms with Crippen LogP contribution >= 0.6 is 0 Å². The van der Waals surface area contributed by atoms with Crippen LogP contribution in [0.25, 0.3) is 0 Å². The Morgan fingerprint density at radius 3 is 1.65 bits per heavy atom. The SMILES string of the molecule is CCCCCCCCCCCC(=O)O[C@H](C)CCCCCCC. The quantitative estimate of drug-likeness (QED) is 0.209. The van der Waals surface area contributed by atoms with E-state index in [1.165, 1.54) is 83.5 Å². The maximum Gasteiger partial charge on any atom is 0.306 e. The average molecular weight is 327 g/mol. The topological polar surface area (TPSA) is 26.3 Å². The highest BCUT2D eigenvalue weighted by Crippen LogP contribution is 2.13. The zero-order valence-corrected chi connectivity index (χ0v) is 16.2. The van der Waals surface area contributed by atoms with Crippen LogP contribution in [0.2, 0.25) is 0 Å². The van der Waals surface area contributed by atoms with E-state index >= 15 is 0 Å². The summed E-state index contributed by atoms with van der Waals surface area (Å²) in [5.74, 6) is 0.00834. The van der Waals surface area contributed by atoms with Gasteiger partial charge in [-0.15, -0.1) is 0 Å². The minimum Gasteiger partial charge on any atom is -0.463 e. The predicted octanol–water partition coefficient (Wildman–Crippen LogP) is 7.20. The van der Waals surface area contributed by atoms with Gasteiger partial charge in [0, 0.05) is 6.42 Å². The van der Waals surface area contributed by atoms with Crippen molar-refractivity contribution in [2.45, 2.75) is 130 Å². The first-order chi connectivity index (χ1) is 11.2. The molecular formula is C21H42O2. The van der Waals surface area contributed by atoms with Gasteiger partial charge >= 0.3 is 5.97 Å². The van der Waals surface area contributed by atoms with Crippen LogP contribution in [0.15, 0.2) is 0 Å². The third-order valence-electron chi connectivity index (χ3n) is 4.53. The summed E-state index contributed by atoms with van der Waals surface area (Å²) >= 11 is 0. The van der Waals surface area contributed by atoms with E-state index in [2.05, 4.69) is 13.8 Å². The molecular weight excluding hydrogens is 284 g/mol. The van der Waals surface area contributed by atoms with Gasteiger partial charge in [0.15, 0.2) is 0 Å². The van der Waals surface area contributed by atoms with Crippen molar-refractivity contribution in [2.24, 2.45) is 0 Å². The van der Waals surface area contributed by atoms with Gasteiger partial charge in [0.25, 0.3) is 0 Å². The number of esters is 1. The highest BCUT2D eigenvalue weighted by atomic mass is 16.5. The Labute approximate surface area is 145 Å². The molecule has 0 aromatic heterocycles. The molecule has 0 unspecified atom stereocenters. The van der Waals surface area contributed by atoms with Crippen molar-refractivity contribution in [3.63, 3.8) is 0 Å². The second kappa shape index (κ2) is 17.8. The van der Waals surface area contributed by atoms with Crippen LogP contribution in [0.5, 0.6) is 0 Å². The number of ether oxygens (including phenoxy) is 1. The van der Waals surface area contributed by atoms with Crippen LogP contribution in [-0.4, -0.2) is 12.1 Å². The summed E-state index contributed by atoms with van der Waals surface area (Å²) in [7, 11) is 0. The molecule has 2 heteroatoms. The minimum atomic E-state index is 0.00834. The van der Waals surface area contributed by atoms with Gasteiger partial charge < -0.3 is 4.74 Å². The van der Waals surface area contributed by atoms with Crippen LogP contribution in [0.3, 0.4) is 0 Å². The standard InChI is InChI=1S/C21H42O2/c1-4-6-8-10-11-12-13-15-17-19-21(22)23-20(3)18-16-14-9-7-5-2/h20H,4-19H2,1-3H3/t20-/m1/s1. The van der Waals surface area contributed by atoms with Crippen LogP contribution in [0.1, 0.15) is 124 Å². The van der Waals surface area contributed by atoms with Gasteiger partial charge in [-0.05, 0) is 26.2 Å². The molecule has 0 aliphatic heterocycles.